The van der Waals surface area contributed by atoms with Crippen LogP contribution in [-0.2, 0) is 9.59 Å². The van der Waals surface area contributed by atoms with Crippen molar-refractivity contribution in [3.05, 3.63) is 0 Å². The zero-order valence-electron chi connectivity index (χ0n) is 8.85. The second-order valence-corrected chi connectivity index (χ2v) is 4.12. The first kappa shape index (κ1) is 12.9. The molecule has 2 fully saturated rings. The number of nitrogens with one attached hydrogen (secondary N) is 2. The van der Waals surface area contributed by atoms with Crippen LogP contribution in [0, 0.1) is 0 Å². The van der Waals surface area contributed by atoms with Crippen molar-refractivity contribution in [2.24, 2.45) is 0 Å². The SMILES string of the molecule is O=C(CCl)N1C(=O)NC2C1NC(=O)N2C(=O)CCl. The molecule has 2 heterocycles. The Labute approximate surface area is 111 Å². The van der Waals surface area contributed by atoms with E-state index in [-0.39, 0.29) is 0 Å². The summed E-state index contributed by atoms with van der Waals surface area (Å²) in [5.74, 6) is -2.14. The standard InChI is InChI=1S/C8H8Cl2N4O4/c9-1-3(15)13-5-6(12-7(13)17)14(4(16)2-10)8(18)11-5/h5-6H,1-2H2,(H,11,18)(H,12,17). The van der Waals surface area contributed by atoms with Gasteiger partial charge in [-0.3, -0.25) is 9.59 Å². The van der Waals surface area contributed by atoms with Gasteiger partial charge in [-0.2, -0.15) is 0 Å². The van der Waals surface area contributed by atoms with Crippen molar-refractivity contribution in [3.63, 3.8) is 0 Å². The number of urea groups is 2. The van der Waals surface area contributed by atoms with Gasteiger partial charge in [0, 0.05) is 0 Å². The fourth-order valence-electron chi connectivity index (χ4n) is 1.88. The van der Waals surface area contributed by atoms with Gasteiger partial charge in [0.1, 0.15) is 11.8 Å². The molecule has 2 aliphatic heterocycles. The first-order valence-electron chi connectivity index (χ1n) is 4.88. The van der Waals surface area contributed by atoms with Crippen molar-refractivity contribution in [1.82, 2.24) is 20.4 Å². The Morgan fingerprint density at radius 1 is 0.944 bits per heavy atom. The summed E-state index contributed by atoms with van der Waals surface area (Å²) < 4.78 is 0. The van der Waals surface area contributed by atoms with E-state index >= 15 is 0 Å². The third kappa shape index (κ3) is 1.77. The molecule has 0 spiro atoms. The lowest BCUT2D eigenvalue weighted by Crippen LogP contribution is -2.47. The summed E-state index contributed by atoms with van der Waals surface area (Å²) >= 11 is 10.7. The second kappa shape index (κ2) is 4.62. The van der Waals surface area contributed by atoms with Crippen molar-refractivity contribution in [3.8, 4) is 0 Å². The van der Waals surface area contributed by atoms with E-state index in [9.17, 15) is 19.2 Å². The Hall–Kier alpha value is -1.54. The van der Waals surface area contributed by atoms with E-state index in [1.54, 1.807) is 0 Å². The summed E-state index contributed by atoms with van der Waals surface area (Å²) in [7, 11) is 0. The highest BCUT2D eigenvalue weighted by Crippen LogP contribution is 2.22. The summed E-state index contributed by atoms with van der Waals surface area (Å²) in [4.78, 5) is 47.6. The predicted octanol–water partition coefficient (Wildman–Crippen LogP) is -0.780. The molecule has 2 unspecified atom stereocenters. The van der Waals surface area contributed by atoms with Gasteiger partial charge in [-0.1, -0.05) is 0 Å². The summed E-state index contributed by atoms with van der Waals surface area (Å²) in [5, 5.41) is 4.69. The van der Waals surface area contributed by atoms with Gasteiger partial charge >= 0.3 is 12.1 Å². The smallest absolute Gasteiger partial charge is 0.313 e. The van der Waals surface area contributed by atoms with Crippen LogP contribution in [0.4, 0.5) is 9.59 Å². The Kier molecular flexibility index (Phi) is 3.31. The monoisotopic (exact) mass is 294 g/mol. The molecule has 2 atom stereocenters. The molecule has 10 heteroatoms. The molecule has 0 aromatic rings. The van der Waals surface area contributed by atoms with Gasteiger partial charge in [-0.15, -0.1) is 23.2 Å². The first-order valence-corrected chi connectivity index (χ1v) is 5.95. The van der Waals surface area contributed by atoms with Gasteiger partial charge in [0.15, 0.2) is 12.3 Å². The largest absolute Gasteiger partial charge is 0.327 e. The molecule has 0 saturated carbocycles. The van der Waals surface area contributed by atoms with Gasteiger partial charge in [0.25, 0.3) is 0 Å². The Balaban J connectivity index is 2.27. The fraction of sp³-hybridized carbons (Fsp3) is 0.500. The average Bonchev–Trinajstić information content (AvgIpc) is 2.80. The number of alkyl halides is 2. The Bertz CT molecular complexity index is 403. The zero-order valence-corrected chi connectivity index (χ0v) is 10.4. The second-order valence-electron chi connectivity index (χ2n) is 3.58. The number of imide groups is 2. The minimum absolute atomic E-state index is 0.407. The molecule has 6 amide bonds. The average molecular weight is 295 g/mol. The molecule has 8 nitrogen and oxygen atoms in total. The van der Waals surface area contributed by atoms with Gasteiger partial charge in [0.05, 0.1) is 0 Å². The van der Waals surface area contributed by atoms with Gasteiger partial charge < -0.3 is 10.6 Å². The first-order chi connectivity index (χ1) is 8.51. The number of hydrogen-bond donors (Lipinski definition) is 2. The molecule has 98 valence electrons. The summed E-state index contributed by atoms with van der Waals surface area (Å²) in [6, 6.07) is -1.44. The highest BCUT2D eigenvalue weighted by Gasteiger charge is 2.54. The number of fused-ring (bicyclic) bond motifs is 1. The minimum atomic E-state index is -0.955. The molecule has 0 radical (unpaired) electrons. The van der Waals surface area contributed by atoms with Crippen molar-refractivity contribution >= 4 is 47.1 Å². The van der Waals surface area contributed by atoms with E-state index in [1.165, 1.54) is 0 Å². The highest BCUT2D eigenvalue weighted by atomic mass is 35.5. The summed E-state index contributed by atoms with van der Waals surface area (Å²) in [6.07, 6.45) is -1.91. The predicted molar refractivity (Wildman–Crippen MR) is 59.8 cm³/mol. The maximum Gasteiger partial charge on any atom is 0.327 e. The molecular formula is C8H8Cl2N4O4. The molecule has 0 aliphatic carbocycles. The van der Waals surface area contributed by atoms with Gasteiger partial charge in [-0.05, 0) is 0 Å². The van der Waals surface area contributed by atoms with Crippen molar-refractivity contribution in [2.45, 2.75) is 12.3 Å². The Morgan fingerprint density at radius 3 is 1.56 bits per heavy atom. The molecular weight excluding hydrogens is 287 g/mol. The molecule has 2 N–H and O–H groups in total. The van der Waals surface area contributed by atoms with E-state index < -0.39 is 48.0 Å². The molecule has 2 rings (SSSR count). The highest BCUT2D eigenvalue weighted by molar-refractivity contribution is 6.29. The van der Waals surface area contributed by atoms with Crippen LogP contribution < -0.4 is 10.6 Å². The minimum Gasteiger partial charge on any atom is -0.313 e. The van der Waals surface area contributed by atoms with Crippen LogP contribution in [-0.4, -0.2) is 57.8 Å². The lowest BCUT2D eigenvalue weighted by atomic mass is 10.3. The number of hydrogen-bond acceptors (Lipinski definition) is 4. The van der Waals surface area contributed by atoms with Crippen LogP contribution in [0.25, 0.3) is 0 Å². The van der Waals surface area contributed by atoms with Gasteiger partial charge in [-0.25, -0.2) is 19.4 Å². The van der Waals surface area contributed by atoms with E-state index in [2.05, 4.69) is 10.6 Å². The quantitative estimate of drug-likeness (QED) is 0.653. The van der Waals surface area contributed by atoms with Gasteiger partial charge in [0.2, 0.25) is 11.8 Å². The van der Waals surface area contributed by atoms with Crippen LogP contribution in [0.3, 0.4) is 0 Å². The molecule has 0 aromatic heterocycles. The lowest BCUT2D eigenvalue weighted by molar-refractivity contribution is -0.129. The van der Waals surface area contributed by atoms with Crippen LogP contribution in [0.15, 0.2) is 0 Å². The molecule has 18 heavy (non-hydrogen) atoms. The molecule has 2 saturated heterocycles. The molecule has 0 bridgehead atoms. The normalized spacial score (nSPS) is 25.9. The van der Waals surface area contributed by atoms with Crippen LogP contribution >= 0.6 is 23.2 Å². The van der Waals surface area contributed by atoms with Crippen molar-refractivity contribution < 1.29 is 19.2 Å². The van der Waals surface area contributed by atoms with Crippen LogP contribution in [0.2, 0.25) is 0 Å². The maximum absolute atomic E-state index is 11.6. The van der Waals surface area contributed by atoms with Crippen LogP contribution in [0.1, 0.15) is 0 Å². The zero-order chi connectivity index (χ0) is 13.4. The van der Waals surface area contributed by atoms with Crippen molar-refractivity contribution in [1.29, 1.82) is 0 Å². The number of nitrogens with zero attached hydrogens (tertiary/aromatic N) is 2. The molecule has 0 aromatic carbocycles. The number of carbonyl (C=O) groups excluding carboxylic acids is 4. The van der Waals surface area contributed by atoms with E-state index in [0.717, 1.165) is 9.80 Å². The number of rotatable bonds is 2. The van der Waals surface area contributed by atoms with E-state index in [0.29, 0.717) is 0 Å². The number of amides is 6. The number of carbonyl (C=O) groups is 4. The number of halogens is 2. The third-order valence-electron chi connectivity index (χ3n) is 2.60. The van der Waals surface area contributed by atoms with E-state index in [4.69, 9.17) is 23.2 Å². The third-order valence-corrected chi connectivity index (χ3v) is 3.06. The summed E-state index contributed by atoms with van der Waals surface area (Å²) in [5.41, 5.74) is 0. The topological polar surface area (TPSA) is 98.8 Å². The summed E-state index contributed by atoms with van der Waals surface area (Å²) in [6.45, 7) is 0. The Morgan fingerprint density at radius 2 is 1.28 bits per heavy atom. The maximum atomic E-state index is 11.6. The lowest BCUT2D eigenvalue weighted by Gasteiger charge is -2.18. The van der Waals surface area contributed by atoms with E-state index in [1.807, 2.05) is 0 Å². The molecule has 2 aliphatic rings. The van der Waals surface area contributed by atoms with Crippen molar-refractivity contribution in [2.75, 3.05) is 11.8 Å². The fourth-order valence-corrected chi connectivity index (χ4v) is 2.14. The van der Waals surface area contributed by atoms with Crippen LogP contribution in [0.5, 0.6) is 0 Å².